The molecule has 0 fully saturated rings. The van der Waals surface area contributed by atoms with Gasteiger partial charge in [0.1, 0.15) is 22.7 Å². The summed E-state index contributed by atoms with van der Waals surface area (Å²) in [7, 11) is 3.26. The van der Waals surface area contributed by atoms with Gasteiger partial charge in [0.2, 0.25) is 0 Å². The second-order valence-corrected chi connectivity index (χ2v) is 13.8. The van der Waals surface area contributed by atoms with Crippen LogP contribution in [0.25, 0.3) is 32.3 Å². The van der Waals surface area contributed by atoms with Crippen LogP contribution in [0.4, 0.5) is 9.59 Å². The van der Waals surface area contributed by atoms with Crippen LogP contribution in [0, 0.1) is 7.14 Å². The maximum atomic E-state index is 12.7. The highest BCUT2D eigenvalue weighted by Crippen LogP contribution is 2.46. The molecule has 0 radical (unpaired) electrons. The van der Waals surface area contributed by atoms with Crippen LogP contribution < -0.4 is 20.1 Å². The molecule has 4 rings (SSSR count). The van der Waals surface area contributed by atoms with Crippen LogP contribution in [0.5, 0.6) is 11.5 Å². The van der Waals surface area contributed by atoms with Gasteiger partial charge in [0.15, 0.2) is 0 Å². The van der Waals surface area contributed by atoms with Crippen LogP contribution >= 0.6 is 45.2 Å². The Morgan fingerprint density at radius 1 is 0.675 bits per heavy atom. The molecule has 0 saturated carbocycles. The average molecular weight is 772 g/mol. The summed E-state index contributed by atoms with van der Waals surface area (Å²) in [6.07, 6.45) is -1.05. The topological polar surface area (TPSA) is 95.1 Å². The van der Waals surface area contributed by atoms with Crippen molar-refractivity contribution in [1.29, 1.82) is 0 Å². The molecule has 2 N–H and O–H groups in total. The molecule has 2 amide bonds. The molecule has 0 aromatic heterocycles. The van der Waals surface area contributed by atoms with E-state index in [2.05, 4.69) is 67.9 Å². The highest BCUT2D eigenvalue weighted by atomic mass is 127. The van der Waals surface area contributed by atoms with Crippen LogP contribution in [0.3, 0.4) is 0 Å². The van der Waals surface area contributed by atoms with Crippen molar-refractivity contribution in [2.24, 2.45) is 0 Å². The number of amides is 2. The zero-order valence-corrected chi connectivity index (χ0v) is 28.2. The first kappa shape index (κ1) is 30.5. The first-order valence-corrected chi connectivity index (χ1v) is 15.0. The Morgan fingerprint density at radius 3 is 1.43 bits per heavy atom. The fourth-order valence-electron chi connectivity index (χ4n) is 4.80. The molecular weight excluding hydrogens is 738 g/mol. The number of methoxy groups -OCH3 is 2. The van der Waals surface area contributed by atoms with Crippen LogP contribution in [0.1, 0.15) is 52.7 Å². The number of ether oxygens (including phenoxy) is 4. The zero-order valence-electron chi connectivity index (χ0n) is 23.9. The number of benzene rings is 4. The summed E-state index contributed by atoms with van der Waals surface area (Å²) in [6.45, 7) is 11.3. The van der Waals surface area contributed by atoms with E-state index in [1.54, 1.807) is 14.2 Å². The number of alkyl carbamates (subject to hydrolysis) is 2. The third-order valence-electron chi connectivity index (χ3n) is 6.21. The van der Waals surface area contributed by atoms with Gasteiger partial charge in [0.25, 0.3) is 0 Å². The predicted octanol–water partition coefficient (Wildman–Crippen LogP) is 7.86. The molecular formula is C30H34I2N2O6. The van der Waals surface area contributed by atoms with E-state index in [9.17, 15) is 9.59 Å². The molecule has 0 saturated heterocycles. The molecule has 40 heavy (non-hydrogen) atoms. The Kier molecular flexibility index (Phi) is 8.70. The summed E-state index contributed by atoms with van der Waals surface area (Å²) in [5.41, 5.74) is 0.314. The predicted molar refractivity (Wildman–Crippen MR) is 175 cm³/mol. The molecule has 8 nitrogen and oxygen atoms in total. The number of rotatable bonds is 6. The van der Waals surface area contributed by atoms with Gasteiger partial charge in [0, 0.05) is 18.3 Å². The lowest BCUT2D eigenvalue weighted by atomic mass is 9.88. The minimum atomic E-state index is -0.634. The van der Waals surface area contributed by atoms with Crippen LogP contribution in [0.2, 0.25) is 0 Å². The van der Waals surface area contributed by atoms with Crippen molar-refractivity contribution in [1.82, 2.24) is 10.6 Å². The van der Waals surface area contributed by atoms with Crippen molar-refractivity contribution in [2.75, 3.05) is 14.2 Å². The molecule has 0 heterocycles. The number of hydrogen-bond donors (Lipinski definition) is 2. The van der Waals surface area contributed by atoms with E-state index in [-0.39, 0.29) is 13.1 Å². The van der Waals surface area contributed by atoms with Gasteiger partial charge in [-0.1, -0.05) is 0 Å². The van der Waals surface area contributed by atoms with E-state index in [0.29, 0.717) is 5.75 Å². The molecule has 0 aliphatic rings. The van der Waals surface area contributed by atoms with Crippen molar-refractivity contribution in [3.8, 4) is 11.5 Å². The molecule has 0 spiro atoms. The lowest BCUT2D eigenvalue weighted by Gasteiger charge is -2.25. The lowest BCUT2D eigenvalue weighted by molar-refractivity contribution is 0.0513. The standard InChI is InChI=1S/C30H34I2N2O6/c1-29(2,3)39-27(35)33-13-20-16-11-22(31)18-9-15(37-7)10-19-23(32)12-17(24(16)25(18)19)21(26(20)38-8)14-34-28(36)40-30(4,5)6/h9-12H,13-14H2,1-8H3,(H,33,35)(H,34,36). The Morgan fingerprint density at radius 2 is 1.07 bits per heavy atom. The summed E-state index contributed by atoms with van der Waals surface area (Å²) >= 11 is 4.68. The normalized spacial score (nSPS) is 12.2. The highest BCUT2D eigenvalue weighted by Gasteiger charge is 2.26. The number of halogens is 2. The van der Waals surface area contributed by atoms with Gasteiger partial charge in [-0.15, -0.1) is 0 Å². The van der Waals surface area contributed by atoms with Gasteiger partial charge in [-0.2, -0.15) is 0 Å². The van der Waals surface area contributed by atoms with E-state index in [4.69, 9.17) is 18.9 Å². The number of carbonyl (C=O) groups excluding carboxylic acids is 2. The summed E-state index contributed by atoms with van der Waals surface area (Å²) in [5, 5.41) is 11.9. The molecule has 214 valence electrons. The Bertz CT molecular complexity index is 1500. The number of carbonyl (C=O) groups is 2. The largest absolute Gasteiger partial charge is 0.497 e. The maximum absolute atomic E-state index is 12.7. The quantitative estimate of drug-likeness (QED) is 0.153. The zero-order chi connectivity index (χ0) is 29.6. The van der Waals surface area contributed by atoms with Crippen LogP contribution in [-0.2, 0) is 22.6 Å². The van der Waals surface area contributed by atoms with Gasteiger partial charge in [-0.3, -0.25) is 0 Å². The minimum Gasteiger partial charge on any atom is -0.497 e. The molecule has 4 aromatic rings. The highest BCUT2D eigenvalue weighted by molar-refractivity contribution is 14.1. The van der Waals surface area contributed by atoms with Crippen molar-refractivity contribution < 1.29 is 28.5 Å². The first-order valence-electron chi connectivity index (χ1n) is 12.8. The second kappa shape index (κ2) is 11.4. The number of nitrogens with one attached hydrogen (secondary N) is 2. The molecule has 0 unspecified atom stereocenters. The summed E-state index contributed by atoms with van der Waals surface area (Å²) in [6, 6.07) is 8.30. The molecule has 10 heteroatoms. The average Bonchev–Trinajstić information content (AvgIpc) is 2.83. The SMILES string of the molecule is COc1cc2c(I)cc3c(CNC(=O)OC(C)(C)C)c(OC)c(CNC(=O)OC(C)(C)C)c4cc(I)c(c1)c2c34. The van der Waals surface area contributed by atoms with E-state index >= 15 is 0 Å². The number of hydrogen-bond acceptors (Lipinski definition) is 6. The monoisotopic (exact) mass is 772 g/mol. The molecule has 0 aliphatic carbocycles. The Balaban J connectivity index is 1.98. The van der Waals surface area contributed by atoms with Gasteiger partial charge in [-0.05, 0) is 143 Å². The lowest BCUT2D eigenvalue weighted by Crippen LogP contribution is -2.33. The van der Waals surface area contributed by atoms with Gasteiger partial charge >= 0.3 is 12.2 Å². The van der Waals surface area contributed by atoms with Crippen molar-refractivity contribution >= 4 is 89.7 Å². The third kappa shape index (κ3) is 6.37. The Labute approximate surface area is 261 Å². The van der Waals surface area contributed by atoms with Crippen LogP contribution in [0.15, 0.2) is 24.3 Å². The molecule has 0 bridgehead atoms. The summed E-state index contributed by atoms with van der Waals surface area (Å²) in [5.74, 6) is 1.36. The summed E-state index contributed by atoms with van der Waals surface area (Å²) in [4.78, 5) is 25.3. The fraction of sp³-hybridized carbons (Fsp3) is 0.400. The van der Waals surface area contributed by atoms with Crippen molar-refractivity contribution in [3.63, 3.8) is 0 Å². The van der Waals surface area contributed by atoms with Crippen molar-refractivity contribution in [3.05, 3.63) is 42.5 Å². The minimum absolute atomic E-state index is 0.169. The fourth-order valence-corrected chi connectivity index (χ4v) is 6.27. The Hall–Kier alpha value is -2.48. The van der Waals surface area contributed by atoms with Gasteiger partial charge in [0.05, 0.1) is 27.3 Å². The van der Waals surface area contributed by atoms with E-state index in [1.165, 1.54) is 0 Å². The first-order chi connectivity index (χ1) is 18.6. The van der Waals surface area contributed by atoms with E-state index < -0.39 is 23.4 Å². The smallest absolute Gasteiger partial charge is 0.407 e. The van der Waals surface area contributed by atoms with Gasteiger partial charge in [-0.25, -0.2) is 9.59 Å². The van der Waals surface area contributed by atoms with E-state index in [1.807, 2.05) is 53.7 Å². The third-order valence-corrected chi connectivity index (χ3v) is 8.00. The van der Waals surface area contributed by atoms with Crippen LogP contribution in [-0.4, -0.2) is 37.6 Å². The maximum Gasteiger partial charge on any atom is 0.407 e. The van der Waals surface area contributed by atoms with Gasteiger partial charge < -0.3 is 29.6 Å². The second-order valence-electron chi connectivity index (χ2n) is 11.5. The van der Waals surface area contributed by atoms with E-state index in [0.717, 1.165) is 56.3 Å². The summed E-state index contributed by atoms with van der Waals surface area (Å²) < 4.78 is 24.7. The molecule has 0 atom stereocenters. The molecule has 4 aromatic carbocycles. The van der Waals surface area contributed by atoms with Crippen molar-refractivity contribution in [2.45, 2.75) is 65.8 Å². The molecule has 0 aliphatic heterocycles.